The molecule has 0 saturated carbocycles. The number of nitrogens with one attached hydrogen (secondary N) is 3. The number of rotatable bonds is 6. The van der Waals surface area contributed by atoms with Gasteiger partial charge in [-0.2, -0.15) is 4.72 Å². The first-order valence-electron chi connectivity index (χ1n) is 7.22. The van der Waals surface area contributed by atoms with Gasteiger partial charge in [-0.1, -0.05) is 42.9 Å². The van der Waals surface area contributed by atoms with Crippen LogP contribution in [0.5, 0.6) is 0 Å². The molecule has 0 fully saturated rings. The zero-order chi connectivity index (χ0) is 17.7. The first kappa shape index (κ1) is 18.3. The van der Waals surface area contributed by atoms with Crippen molar-refractivity contribution in [3.63, 3.8) is 0 Å². The van der Waals surface area contributed by atoms with E-state index in [4.69, 9.17) is 0 Å². The van der Waals surface area contributed by atoms with Gasteiger partial charge in [-0.3, -0.25) is 5.32 Å². The number of carbonyl (C=O) groups excluding carboxylic acids is 1. The summed E-state index contributed by atoms with van der Waals surface area (Å²) >= 11 is 1.27. The zero-order valence-electron chi connectivity index (χ0n) is 13.5. The number of aromatic nitrogens is 2. The SMILES string of the molecule is Cc1ccc(S(=O)(=O)NCNC(=O)Nc2nnc(C(C)C)s2)cc1. The number of amides is 2. The van der Waals surface area contributed by atoms with Gasteiger partial charge in [0.25, 0.3) is 0 Å². The summed E-state index contributed by atoms with van der Waals surface area (Å²) in [5, 5.41) is 13.9. The summed E-state index contributed by atoms with van der Waals surface area (Å²) in [5.41, 5.74) is 0.962. The molecular weight excluding hydrogens is 350 g/mol. The topological polar surface area (TPSA) is 113 Å². The molecule has 0 atom stereocenters. The molecular formula is C14H19N5O3S2. The third-order valence-corrected chi connectivity index (χ3v) is 5.55. The Bertz CT molecular complexity index is 800. The van der Waals surface area contributed by atoms with Crippen LogP contribution < -0.4 is 15.4 Å². The minimum Gasteiger partial charge on any atom is -0.324 e. The molecule has 1 aromatic carbocycles. The van der Waals surface area contributed by atoms with E-state index in [9.17, 15) is 13.2 Å². The number of benzene rings is 1. The Morgan fingerprint density at radius 2 is 1.88 bits per heavy atom. The Morgan fingerprint density at radius 1 is 1.21 bits per heavy atom. The molecule has 3 N–H and O–H groups in total. The average molecular weight is 369 g/mol. The fourth-order valence-electron chi connectivity index (χ4n) is 1.67. The maximum atomic E-state index is 12.1. The van der Waals surface area contributed by atoms with Crippen LogP contribution in [-0.2, 0) is 10.0 Å². The van der Waals surface area contributed by atoms with E-state index in [0.29, 0.717) is 5.13 Å². The van der Waals surface area contributed by atoms with Gasteiger partial charge in [-0.25, -0.2) is 13.2 Å². The number of urea groups is 1. The fraction of sp³-hybridized carbons (Fsp3) is 0.357. The van der Waals surface area contributed by atoms with Gasteiger partial charge in [0.05, 0.1) is 11.6 Å². The number of hydrogen-bond donors (Lipinski definition) is 3. The van der Waals surface area contributed by atoms with Gasteiger partial charge in [0.15, 0.2) is 0 Å². The van der Waals surface area contributed by atoms with Crippen LogP contribution in [0.1, 0.15) is 30.3 Å². The van der Waals surface area contributed by atoms with Crippen molar-refractivity contribution >= 4 is 32.5 Å². The highest BCUT2D eigenvalue weighted by Crippen LogP contribution is 2.22. The molecule has 24 heavy (non-hydrogen) atoms. The standard InChI is InChI=1S/C14H19N5O3S2/c1-9(2)12-18-19-14(23-12)17-13(20)15-8-16-24(21,22)11-6-4-10(3)5-7-11/h4-7,9,16H,8H2,1-3H3,(H2,15,17,19,20). The van der Waals surface area contributed by atoms with E-state index in [-0.39, 0.29) is 17.5 Å². The van der Waals surface area contributed by atoms with Gasteiger partial charge < -0.3 is 5.32 Å². The highest BCUT2D eigenvalue weighted by atomic mass is 32.2. The lowest BCUT2D eigenvalue weighted by Gasteiger charge is -2.08. The van der Waals surface area contributed by atoms with Crippen molar-refractivity contribution in [2.75, 3.05) is 12.0 Å². The number of aryl methyl sites for hydroxylation is 1. The summed E-state index contributed by atoms with van der Waals surface area (Å²) in [7, 11) is -3.67. The van der Waals surface area contributed by atoms with E-state index >= 15 is 0 Å². The smallest absolute Gasteiger partial charge is 0.322 e. The Kier molecular flexibility index (Phi) is 5.86. The Labute approximate surface area is 144 Å². The quantitative estimate of drug-likeness (QED) is 0.674. The van der Waals surface area contributed by atoms with Crippen LogP contribution in [0.3, 0.4) is 0 Å². The van der Waals surface area contributed by atoms with Gasteiger partial charge in [0, 0.05) is 5.92 Å². The molecule has 10 heteroatoms. The molecule has 0 aliphatic carbocycles. The lowest BCUT2D eigenvalue weighted by atomic mass is 10.2. The molecule has 0 unspecified atom stereocenters. The van der Waals surface area contributed by atoms with Gasteiger partial charge in [0.2, 0.25) is 15.2 Å². The van der Waals surface area contributed by atoms with Crippen molar-refractivity contribution in [3.05, 3.63) is 34.8 Å². The van der Waals surface area contributed by atoms with Crippen molar-refractivity contribution in [1.29, 1.82) is 0 Å². The Hall–Kier alpha value is -2.04. The molecule has 130 valence electrons. The number of carbonyl (C=O) groups is 1. The van der Waals surface area contributed by atoms with E-state index in [1.807, 2.05) is 20.8 Å². The van der Waals surface area contributed by atoms with Crippen LogP contribution in [-0.4, -0.2) is 31.3 Å². The number of anilines is 1. The van der Waals surface area contributed by atoms with Crippen LogP contribution in [0.25, 0.3) is 0 Å². The van der Waals surface area contributed by atoms with E-state index in [0.717, 1.165) is 10.6 Å². The molecule has 0 aliphatic rings. The second-order valence-corrected chi connectivity index (χ2v) is 8.14. The van der Waals surface area contributed by atoms with Crippen molar-refractivity contribution < 1.29 is 13.2 Å². The molecule has 2 amide bonds. The van der Waals surface area contributed by atoms with Crippen molar-refractivity contribution in [3.8, 4) is 0 Å². The second-order valence-electron chi connectivity index (χ2n) is 5.37. The highest BCUT2D eigenvalue weighted by molar-refractivity contribution is 7.89. The molecule has 2 rings (SSSR count). The highest BCUT2D eigenvalue weighted by Gasteiger charge is 2.14. The number of sulfonamides is 1. The zero-order valence-corrected chi connectivity index (χ0v) is 15.2. The normalized spacial score (nSPS) is 11.5. The predicted octanol–water partition coefficient (Wildman–Crippen LogP) is 2.03. The average Bonchev–Trinajstić information content (AvgIpc) is 2.96. The molecule has 0 saturated heterocycles. The lowest BCUT2D eigenvalue weighted by Crippen LogP contribution is -2.39. The molecule has 1 aromatic heterocycles. The van der Waals surface area contributed by atoms with Crippen LogP contribution in [0.4, 0.5) is 9.93 Å². The maximum Gasteiger partial charge on any atom is 0.322 e. The Balaban J connectivity index is 1.84. The van der Waals surface area contributed by atoms with Gasteiger partial charge in [-0.15, -0.1) is 10.2 Å². The maximum absolute atomic E-state index is 12.1. The third kappa shape index (κ3) is 4.98. The van der Waals surface area contributed by atoms with E-state index in [2.05, 4.69) is 25.6 Å². The van der Waals surface area contributed by atoms with Gasteiger partial charge >= 0.3 is 6.03 Å². The third-order valence-electron chi connectivity index (χ3n) is 3.00. The molecule has 0 aliphatic heterocycles. The summed E-state index contributed by atoms with van der Waals surface area (Å²) in [5.74, 6) is 0.224. The first-order chi connectivity index (χ1) is 11.3. The minimum absolute atomic E-state index is 0.140. The molecule has 0 radical (unpaired) electrons. The predicted molar refractivity (Wildman–Crippen MR) is 92.5 cm³/mol. The van der Waals surface area contributed by atoms with E-state index in [1.54, 1.807) is 12.1 Å². The summed E-state index contributed by atoms with van der Waals surface area (Å²) in [6.45, 7) is 5.58. The van der Waals surface area contributed by atoms with Crippen LogP contribution in [0.15, 0.2) is 29.2 Å². The molecule has 0 bridgehead atoms. The lowest BCUT2D eigenvalue weighted by molar-refractivity contribution is 0.252. The first-order valence-corrected chi connectivity index (χ1v) is 9.52. The number of hydrogen-bond acceptors (Lipinski definition) is 6. The van der Waals surface area contributed by atoms with Crippen LogP contribution >= 0.6 is 11.3 Å². The molecule has 2 aromatic rings. The Morgan fingerprint density at radius 3 is 2.46 bits per heavy atom. The molecule has 8 nitrogen and oxygen atoms in total. The van der Waals surface area contributed by atoms with Gasteiger partial charge in [-0.05, 0) is 19.1 Å². The summed E-state index contributed by atoms with van der Waals surface area (Å²) in [6, 6.07) is 5.86. The van der Waals surface area contributed by atoms with Crippen molar-refractivity contribution in [1.82, 2.24) is 20.2 Å². The molecule has 1 heterocycles. The second kappa shape index (κ2) is 7.69. The van der Waals surface area contributed by atoms with E-state index in [1.165, 1.54) is 23.5 Å². The largest absolute Gasteiger partial charge is 0.324 e. The summed E-state index contributed by atoms with van der Waals surface area (Å²) < 4.78 is 26.4. The van der Waals surface area contributed by atoms with E-state index < -0.39 is 16.1 Å². The van der Waals surface area contributed by atoms with Crippen LogP contribution in [0, 0.1) is 6.92 Å². The summed E-state index contributed by atoms with van der Waals surface area (Å²) in [4.78, 5) is 11.9. The fourth-order valence-corrected chi connectivity index (χ4v) is 3.34. The minimum atomic E-state index is -3.67. The molecule has 0 spiro atoms. The number of nitrogens with zero attached hydrogens (tertiary/aromatic N) is 2. The van der Waals surface area contributed by atoms with Crippen molar-refractivity contribution in [2.24, 2.45) is 0 Å². The monoisotopic (exact) mass is 369 g/mol. The van der Waals surface area contributed by atoms with Crippen molar-refractivity contribution in [2.45, 2.75) is 31.6 Å². The van der Waals surface area contributed by atoms with Gasteiger partial charge in [0.1, 0.15) is 5.01 Å². The van der Waals surface area contributed by atoms with Crippen LogP contribution in [0.2, 0.25) is 0 Å². The summed E-state index contributed by atoms with van der Waals surface area (Å²) in [6.07, 6.45) is 0.